The molecule has 2 atom stereocenters. The Balaban J connectivity index is 1.90. The predicted molar refractivity (Wildman–Crippen MR) is 82.9 cm³/mol. The largest absolute Gasteiger partial charge is 0.477 e. The van der Waals surface area contributed by atoms with Crippen molar-refractivity contribution in [3.8, 4) is 5.88 Å². The Bertz CT molecular complexity index is 408. The molecule has 0 aromatic carbocycles. The van der Waals surface area contributed by atoms with Crippen LogP contribution in [0.15, 0.2) is 18.3 Å². The third kappa shape index (κ3) is 3.95. The lowest BCUT2D eigenvalue weighted by atomic mass is 9.80. The standard InChI is InChI=1S/C17H28N2O/c1-17(2,3)15-8-9-16(19-11-15)20-12-14-7-5-4-6-13(14)10-18/h8-9,11,13-14H,4-7,10,12,18H2,1-3H3. The van der Waals surface area contributed by atoms with Crippen molar-refractivity contribution in [3.63, 3.8) is 0 Å². The van der Waals surface area contributed by atoms with E-state index in [1.54, 1.807) is 0 Å². The Morgan fingerprint density at radius 2 is 1.90 bits per heavy atom. The summed E-state index contributed by atoms with van der Waals surface area (Å²) in [4.78, 5) is 4.43. The number of ether oxygens (including phenoxy) is 1. The van der Waals surface area contributed by atoms with E-state index < -0.39 is 0 Å². The number of hydrogen-bond donors (Lipinski definition) is 1. The Hall–Kier alpha value is -1.09. The Labute approximate surface area is 122 Å². The average Bonchev–Trinajstić information content (AvgIpc) is 2.45. The first-order chi connectivity index (χ1) is 9.50. The SMILES string of the molecule is CC(C)(C)c1ccc(OCC2CCCCC2CN)nc1. The van der Waals surface area contributed by atoms with Crippen molar-refractivity contribution < 1.29 is 4.74 Å². The summed E-state index contributed by atoms with van der Waals surface area (Å²) >= 11 is 0. The van der Waals surface area contributed by atoms with Crippen LogP contribution >= 0.6 is 0 Å². The van der Waals surface area contributed by atoms with Gasteiger partial charge in [-0.2, -0.15) is 0 Å². The number of nitrogens with two attached hydrogens (primary N) is 1. The first-order valence-corrected chi connectivity index (χ1v) is 7.80. The molecule has 0 aliphatic heterocycles. The summed E-state index contributed by atoms with van der Waals surface area (Å²) in [6.07, 6.45) is 7.04. The van der Waals surface area contributed by atoms with Crippen molar-refractivity contribution in [1.29, 1.82) is 0 Å². The van der Waals surface area contributed by atoms with Crippen LogP contribution in [0.1, 0.15) is 52.0 Å². The molecule has 1 fully saturated rings. The quantitative estimate of drug-likeness (QED) is 0.915. The molecule has 1 aliphatic carbocycles. The van der Waals surface area contributed by atoms with Gasteiger partial charge in [-0.15, -0.1) is 0 Å². The maximum absolute atomic E-state index is 5.88. The second-order valence-electron chi connectivity index (χ2n) is 6.99. The minimum Gasteiger partial charge on any atom is -0.477 e. The Morgan fingerprint density at radius 3 is 2.45 bits per heavy atom. The van der Waals surface area contributed by atoms with Crippen molar-refractivity contribution >= 4 is 0 Å². The van der Waals surface area contributed by atoms with E-state index >= 15 is 0 Å². The number of pyridine rings is 1. The van der Waals surface area contributed by atoms with Crippen LogP contribution in [-0.4, -0.2) is 18.1 Å². The zero-order chi connectivity index (χ0) is 14.6. The molecule has 1 aromatic heterocycles. The number of aromatic nitrogens is 1. The zero-order valence-corrected chi connectivity index (χ0v) is 13.1. The highest BCUT2D eigenvalue weighted by atomic mass is 16.5. The van der Waals surface area contributed by atoms with Gasteiger partial charge in [0.1, 0.15) is 0 Å². The fourth-order valence-corrected chi connectivity index (χ4v) is 2.92. The summed E-state index contributed by atoms with van der Waals surface area (Å²) in [7, 11) is 0. The van der Waals surface area contributed by atoms with Gasteiger partial charge in [-0.3, -0.25) is 0 Å². The molecule has 0 radical (unpaired) electrons. The summed E-state index contributed by atoms with van der Waals surface area (Å²) in [6.45, 7) is 8.11. The molecule has 20 heavy (non-hydrogen) atoms. The van der Waals surface area contributed by atoms with E-state index in [4.69, 9.17) is 10.5 Å². The van der Waals surface area contributed by atoms with Crippen LogP contribution in [0, 0.1) is 11.8 Å². The van der Waals surface area contributed by atoms with Gasteiger partial charge in [0.25, 0.3) is 0 Å². The average molecular weight is 276 g/mol. The smallest absolute Gasteiger partial charge is 0.213 e. The molecule has 1 aliphatic rings. The van der Waals surface area contributed by atoms with Crippen molar-refractivity contribution in [2.24, 2.45) is 17.6 Å². The van der Waals surface area contributed by atoms with Gasteiger partial charge < -0.3 is 10.5 Å². The van der Waals surface area contributed by atoms with Gasteiger partial charge in [0, 0.05) is 12.3 Å². The highest BCUT2D eigenvalue weighted by Gasteiger charge is 2.24. The summed E-state index contributed by atoms with van der Waals surface area (Å²) in [5, 5.41) is 0. The van der Waals surface area contributed by atoms with E-state index in [1.165, 1.54) is 31.2 Å². The van der Waals surface area contributed by atoms with Crippen LogP contribution in [0.4, 0.5) is 0 Å². The predicted octanol–water partition coefficient (Wildman–Crippen LogP) is 3.52. The van der Waals surface area contributed by atoms with Gasteiger partial charge in [0.05, 0.1) is 6.61 Å². The minimum atomic E-state index is 0.138. The number of nitrogens with zero attached hydrogens (tertiary/aromatic N) is 1. The fourth-order valence-electron chi connectivity index (χ4n) is 2.92. The minimum absolute atomic E-state index is 0.138. The molecule has 2 rings (SSSR count). The van der Waals surface area contributed by atoms with E-state index in [1.807, 2.05) is 12.3 Å². The lowest BCUT2D eigenvalue weighted by molar-refractivity contribution is 0.149. The molecular formula is C17H28N2O. The molecule has 2 unspecified atom stereocenters. The van der Waals surface area contributed by atoms with E-state index in [2.05, 4.69) is 31.8 Å². The molecule has 2 N–H and O–H groups in total. The second-order valence-corrected chi connectivity index (χ2v) is 6.99. The van der Waals surface area contributed by atoms with Crippen LogP contribution in [0.3, 0.4) is 0 Å². The first kappa shape index (κ1) is 15.3. The van der Waals surface area contributed by atoms with Crippen LogP contribution in [0.5, 0.6) is 5.88 Å². The van der Waals surface area contributed by atoms with Gasteiger partial charge in [-0.05, 0) is 42.2 Å². The molecular weight excluding hydrogens is 248 g/mol. The van der Waals surface area contributed by atoms with Crippen LogP contribution in [0.2, 0.25) is 0 Å². The Morgan fingerprint density at radius 1 is 1.20 bits per heavy atom. The van der Waals surface area contributed by atoms with E-state index in [0.29, 0.717) is 11.8 Å². The molecule has 1 saturated carbocycles. The molecule has 0 saturated heterocycles. The lowest BCUT2D eigenvalue weighted by Gasteiger charge is -2.30. The zero-order valence-electron chi connectivity index (χ0n) is 13.1. The fraction of sp³-hybridized carbons (Fsp3) is 0.706. The van der Waals surface area contributed by atoms with E-state index in [9.17, 15) is 0 Å². The summed E-state index contributed by atoms with van der Waals surface area (Å²) in [6, 6.07) is 4.10. The number of rotatable bonds is 4. The van der Waals surface area contributed by atoms with Crippen molar-refractivity contribution in [3.05, 3.63) is 23.9 Å². The van der Waals surface area contributed by atoms with Crippen molar-refractivity contribution in [2.45, 2.75) is 51.9 Å². The maximum atomic E-state index is 5.88. The van der Waals surface area contributed by atoms with Gasteiger partial charge in [0.2, 0.25) is 5.88 Å². The summed E-state index contributed by atoms with van der Waals surface area (Å²) < 4.78 is 5.88. The lowest BCUT2D eigenvalue weighted by Crippen LogP contribution is -2.30. The van der Waals surface area contributed by atoms with Gasteiger partial charge in [-0.25, -0.2) is 4.98 Å². The van der Waals surface area contributed by atoms with E-state index in [0.717, 1.165) is 19.0 Å². The van der Waals surface area contributed by atoms with Gasteiger partial charge in [0.15, 0.2) is 0 Å². The van der Waals surface area contributed by atoms with Crippen LogP contribution in [0.25, 0.3) is 0 Å². The van der Waals surface area contributed by atoms with Crippen molar-refractivity contribution in [1.82, 2.24) is 4.98 Å². The molecule has 0 bridgehead atoms. The molecule has 112 valence electrons. The number of hydrogen-bond acceptors (Lipinski definition) is 3. The van der Waals surface area contributed by atoms with Gasteiger partial charge in [-0.1, -0.05) is 39.7 Å². The highest BCUT2D eigenvalue weighted by Crippen LogP contribution is 2.30. The van der Waals surface area contributed by atoms with E-state index in [-0.39, 0.29) is 5.41 Å². The first-order valence-electron chi connectivity index (χ1n) is 7.80. The molecule has 3 heteroatoms. The third-order valence-electron chi connectivity index (χ3n) is 4.42. The Kier molecular flexibility index (Phi) is 5.03. The molecule has 1 aromatic rings. The van der Waals surface area contributed by atoms with Crippen LogP contribution in [-0.2, 0) is 5.41 Å². The topological polar surface area (TPSA) is 48.1 Å². The molecule has 0 spiro atoms. The second kappa shape index (κ2) is 6.57. The maximum Gasteiger partial charge on any atom is 0.213 e. The highest BCUT2D eigenvalue weighted by molar-refractivity contribution is 5.23. The molecule has 0 amide bonds. The van der Waals surface area contributed by atoms with Crippen molar-refractivity contribution in [2.75, 3.05) is 13.2 Å². The normalized spacial score (nSPS) is 23.6. The summed E-state index contributed by atoms with van der Waals surface area (Å²) in [5.41, 5.74) is 7.24. The monoisotopic (exact) mass is 276 g/mol. The van der Waals surface area contributed by atoms with Gasteiger partial charge >= 0.3 is 0 Å². The van der Waals surface area contributed by atoms with Crippen LogP contribution < -0.4 is 10.5 Å². The third-order valence-corrected chi connectivity index (χ3v) is 4.42. The molecule has 3 nitrogen and oxygen atoms in total. The summed E-state index contributed by atoms with van der Waals surface area (Å²) in [5.74, 6) is 1.95. The molecule has 1 heterocycles.